The van der Waals surface area contributed by atoms with Gasteiger partial charge in [-0.15, -0.1) is 11.3 Å². The lowest BCUT2D eigenvalue weighted by atomic mass is 10.0. The maximum absolute atomic E-state index is 12.8. The molecule has 0 radical (unpaired) electrons. The number of hydrogen-bond donors (Lipinski definition) is 1. The molecule has 2 unspecified atom stereocenters. The Labute approximate surface area is 194 Å². The number of aromatic nitrogens is 3. The molecule has 3 heterocycles. The molecule has 1 aromatic carbocycles. The second kappa shape index (κ2) is 7.76. The lowest BCUT2D eigenvalue weighted by molar-refractivity contribution is 0.0542. The van der Waals surface area contributed by atoms with Gasteiger partial charge in [0, 0.05) is 30.8 Å². The van der Waals surface area contributed by atoms with Crippen LogP contribution in [0.4, 0.5) is 0 Å². The van der Waals surface area contributed by atoms with Gasteiger partial charge in [0.05, 0.1) is 26.7 Å². The Bertz CT molecular complexity index is 1370. The number of imidazole rings is 1. The van der Waals surface area contributed by atoms with Crippen molar-refractivity contribution in [1.82, 2.24) is 14.1 Å². The summed E-state index contributed by atoms with van der Waals surface area (Å²) in [5.41, 5.74) is 2.71. The summed E-state index contributed by atoms with van der Waals surface area (Å²) in [6, 6.07) is 10.9. The van der Waals surface area contributed by atoms with Crippen molar-refractivity contribution < 1.29 is 9.84 Å². The SMILES string of the molecule is Cn1c(C2CC2C(C)(C)O)nc2ccc(-n3ccc(OCc4csc(Cl)c4)cc3=O)cc21. The summed E-state index contributed by atoms with van der Waals surface area (Å²) >= 11 is 7.40. The van der Waals surface area contributed by atoms with E-state index in [0.717, 1.165) is 34.5 Å². The minimum Gasteiger partial charge on any atom is -0.489 e. The molecule has 0 spiro atoms. The number of aliphatic hydroxyl groups is 1. The van der Waals surface area contributed by atoms with Crippen molar-refractivity contribution in [2.45, 2.75) is 38.4 Å². The zero-order valence-electron chi connectivity index (χ0n) is 18.1. The monoisotopic (exact) mass is 469 g/mol. The Hall–Kier alpha value is -2.61. The fraction of sp³-hybridized carbons (Fsp3) is 0.333. The van der Waals surface area contributed by atoms with E-state index in [1.54, 1.807) is 16.8 Å². The predicted molar refractivity (Wildman–Crippen MR) is 127 cm³/mol. The minimum atomic E-state index is -0.708. The first-order chi connectivity index (χ1) is 15.2. The van der Waals surface area contributed by atoms with E-state index in [0.29, 0.717) is 16.7 Å². The highest BCUT2D eigenvalue weighted by Gasteiger charge is 2.49. The molecule has 0 bridgehead atoms. The summed E-state index contributed by atoms with van der Waals surface area (Å²) < 4.78 is 10.1. The number of fused-ring (bicyclic) bond motifs is 1. The van der Waals surface area contributed by atoms with Gasteiger partial charge in [-0.1, -0.05) is 11.6 Å². The highest BCUT2D eigenvalue weighted by molar-refractivity contribution is 7.14. The van der Waals surface area contributed by atoms with Crippen LogP contribution in [0.25, 0.3) is 16.7 Å². The zero-order chi connectivity index (χ0) is 22.6. The van der Waals surface area contributed by atoms with Crippen LogP contribution in [0.5, 0.6) is 5.75 Å². The van der Waals surface area contributed by atoms with Crippen molar-refractivity contribution >= 4 is 34.0 Å². The summed E-state index contributed by atoms with van der Waals surface area (Å²) in [5.74, 6) is 1.98. The van der Waals surface area contributed by atoms with Crippen molar-refractivity contribution in [3.05, 3.63) is 74.1 Å². The van der Waals surface area contributed by atoms with Crippen molar-refractivity contribution in [2.75, 3.05) is 0 Å². The number of aryl methyl sites for hydroxylation is 1. The third kappa shape index (κ3) is 3.96. The van der Waals surface area contributed by atoms with Crippen LogP contribution in [0.15, 0.2) is 52.8 Å². The predicted octanol–water partition coefficient (Wildman–Crippen LogP) is 4.89. The van der Waals surface area contributed by atoms with Gasteiger partial charge in [0.2, 0.25) is 0 Å². The van der Waals surface area contributed by atoms with Gasteiger partial charge in [-0.3, -0.25) is 9.36 Å². The highest BCUT2D eigenvalue weighted by atomic mass is 35.5. The third-order valence-corrected chi connectivity index (χ3v) is 7.26. The lowest BCUT2D eigenvalue weighted by Gasteiger charge is -2.16. The summed E-state index contributed by atoms with van der Waals surface area (Å²) in [7, 11) is 1.99. The van der Waals surface area contributed by atoms with Gasteiger partial charge in [-0.05, 0) is 61.9 Å². The van der Waals surface area contributed by atoms with Crippen LogP contribution < -0.4 is 10.3 Å². The molecule has 2 atom stereocenters. The number of halogens is 1. The van der Waals surface area contributed by atoms with Crippen LogP contribution in [-0.4, -0.2) is 24.8 Å². The van der Waals surface area contributed by atoms with Gasteiger partial charge in [-0.25, -0.2) is 4.98 Å². The van der Waals surface area contributed by atoms with Crippen molar-refractivity contribution in [3.63, 3.8) is 0 Å². The van der Waals surface area contributed by atoms with Gasteiger partial charge < -0.3 is 14.4 Å². The van der Waals surface area contributed by atoms with E-state index < -0.39 is 5.60 Å². The fourth-order valence-corrected chi connectivity index (χ4v) is 5.18. The molecule has 1 N–H and O–H groups in total. The molecule has 1 fully saturated rings. The molecule has 32 heavy (non-hydrogen) atoms. The van der Waals surface area contributed by atoms with Crippen molar-refractivity contribution in [3.8, 4) is 11.4 Å². The smallest absolute Gasteiger partial charge is 0.258 e. The zero-order valence-corrected chi connectivity index (χ0v) is 19.7. The van der Waals surface area contributed by atoms with Gasteiger partial charge in [0.1, 0.15) is 18.2 Å². The van der Waals surface area contributed by atoms with Crippen molar-refractivity contribution in [1.29, 1.82) is 0 Å². The lowest BCUT2D eigenvalue weighted by Crippen LogP contribution is -2.22. The second-order valence-corrected chi connectivity index (χ2v) is 10.5. The standard InChI is InChI=1S/C24H24ClN3O3S/c1-24(2,30)18-11-17(18)23-26-19-5-4-15(9-20(19)27(23)3)28-7-6-16(10-22(28)29)31-12-14-8-21(25)32-13-14/h4-10,13,17-18,30H,11-12H2,1-3H3. The fourth-order valence-electron chi connectivity index (χ4n) is 4.29. The number of ether oxygens (including phenoxy) is 1. The Kier molecular flexibility index (Phi) is 5.15. The third-order valence-electron chi connectivity index (χ3n) is 6.12. The van der Waals surface area contributed by atoms with E-state index in [1.807, 2.05) is 50.5 Å². The van der Waals surface area contributed by atoms with E-state index in [2.05, 4.69) is 4.57 Å². The Balaban J connectivity index is 1.39. The maximum atomic E-state index is 12.8. The van der Waals surface area contributed by atoms with Crippen LogP contribution in [0.1, 0.15) is 37.6 Å². The number of nitrogens with zero attached hydrogens (tertiary/aromatic N) is 3. The van der Waals surface area contributed by atoms with Gasteiger partial charge >= 0.3 is 0 Å². The van der Waals surface area contributed by atoms with E-state index in [-0.39, 0.29) is 17.4 Å². The van der Waals surface area contributed by atoms with Gasteiger partial charge in [0.15, 0.2) is 0 Å². The topological polar surface area (TPSA) is 69.3 Å². The molecular formula is C24H24ClN3O3S. The average Bonchev–Trinajstić information content (AvgIpc) is 3.35. The molecule has 0 amide bonds. The quantitative estimate of drug-likeness (QED) is 0.436. The average molecular weight is 470 g/mol. The van der Waals surface area contributed by atoms with E-state index in [1.165, 1.54) is 17.4 Å². The Morgan fingerprint density at radius 3 is 2.75 bits per heavy atom. The summed E-state index contributed by atoms with van der Waals surface area (Å²) in [6.07, 6.45) is 2.66. The molecule has 0 saturated heterocycles. The van der Waals surface area contributed by atoms with Gasteiger partial charge in [-0.2, -0.15) is 0 Å². The number of pyridine rings is 1. The molecule has 166 valence electrons. The molecule has 1 aliphatic rings. The molecule has 5 rings (SSSR count). The maximum Gasteiger partial charge on any atom is 0.258 e. The van der Waals surface area contributed by atoms with Crippen molar-refractivity contribution in [2.24, 2.45) is 13.0 Å². The molecule has 3 aromatic heterocycles. The normalized spacial score (nSPS) is 18.3. The second-order valence-electron chi connectivity index (χ2n) is 8.92. The molecule has 0 aliphatic heterocycles. The Morgan fingerprint density at radius 2 is 2.09 bits per heavy atom. The first kappa shape index (κ1) is 21.2. The van der Waals surface area contributed by atoms with Gasteiger partial charge in [0.25, 0.3) is 5.56 Å². The molecule has 4 aromatic rings. The van der Waals surface area contributed by atoms with Crippen LogP contribution in [0, 0.1) is 5.92 Å². The molecule has 8 heteroatoms. The number of rotatable bonds is 6. The van der Waals surface area contributed by atoms with E-state index in [9.17, 15) is 9.90 Å². The van der Waals surface area contributed by atoms with E-state index in [4.69, 9.17) is 21.3 Å². The first-order valence-corrected chi connectivity index (χ1v) is 11.7. The first-order valence-electron chi connectivity index (χ1n) is 10.5. The van der Waals surface area contributed by atoms with Crippen LogP contribution >= 0.6 is 22.9 Å². The summed E-state index contributed by atoms with van der Waals surface area (Å²) in [5, 5.41) is 12.3. The van der Waals surface area contributed by atoms with E-state index >= 15 is 0 Å². The largest absolute Gasteiger partial charge is 0.489 e. The minimum absolute atomic E-state index is 0.170. The number of thiophene rings is 1. The summed E-state index contributed by atoms with van der Waals surface area (Å²) in [4.78, 5) is 17.6. The highest BCUT2D eigenvalue weighted by Crippen LogP contribution is 2.53. The molecule has 1 saturated carbocycles. The number of benzene rings is 1. The Morgan fingerprint density at radius 1 is 1.28 bits per heavy atom. The molecule has 6 nitrogen and oxygen atoms in total. The number of hydrogen-bond acceptors (Lipinski definition) is 5. The van der Waals surface area contributed by atoms with Crippen LogP contribution in [-0.2, 0) is 13.7 Å². The van der Waals surface area contributed by atoms with Crippen LogP contribution in [0.2, 0.25) is 4.34 Å². The van der Waals surface area contributed by atoms with Crippen LogP contribution in [0.3, 0.4) is 0 Å². The molecular weight excluding hydrogens is 446 g/mol. The summed E-state index contributed by atoms with van der Waals surface area (Å²) in [6.45, 7) is 4.07. The molecule has 1 aliphatic carbocycles.